The standard InChI is InChI=1S/C49H68NO5/c1-2-3-4-5-6-7-8-9-10-11-12-13-23-32-46(51)54-47(37-40-26-17-14-18-27-40)55-49(41-28-19-15-20-29-41,42-30-21-16-22-31-42)48(52)53-45-38-43-33-34-44(39-45)50(43)35-24-25-36-50/h14-22,26-31,43-45,47H,2-13,23-25,32-39H2,1H3/q+1. The Morgan fingerprint density at radius 1 is 0.655 bits per heavy atom. The Labute approximate surface area is 331 Å². The van der Waals surface area contributed by atoms with Crippen LogP contribution in [0.25, 0.3) is 0 Å². The molecule has 0 aliphatic carbocycles. The lowest BCUT2D eigenvalue weighted by Crippen LogP contribution is -2.60. The van der Waals surface area contributed by atoms with Gasteiger partial charge in [0.15, 0.2) is 0 Å². The van der Waals surface area contributed by atoms with Crippen molar-refractivity contribution in [1.29, 1.82) is 0 Å². The highest BCUT2D eigenvalue weighted by Crippen LogP contribution is 2.47. The summed E-state index contributed by atoms with van der Waals surface area (Å²) in [6.45, 7) is 4.80. The van der Waals surface area contributed by atoms with Crippen LogP contribution in [0.3, 0.4) is 0 Å². The van der Waals surface area contributed by atoms with Crippen LogP contribution in [0, 0.1) is 0 Å². The Hall–Kier alpha value is -3.48. The van der Waals surface area contributed by atoms with Crippen molar-refractivity contribution in [3.8, 4) is 0 Å². The molecule has 0 aromatic heterocycles. The maximum absolute atomic E-state index is 15.1. The maximum atomic E-state index is 15.1. The van der Waals surface area contributed by atoms with E-state index in [1.807, 2.05) is 91.0 Å². The van der Waals surface area contributed by atoms with Gasteiger partial charge < -0.3 is 18.7 Å². The molecule has 3 saturated heterocycles. The number of ether oxygens (including phenoxy) is 3. The van der Waals surface area contributed by atoms with Gasteiger partial charge >= 0.3 is 11.9 Å². The number of quaternary nitrogens is 1. The summed E-state index contributed by atoms with van der Waals surface area (Å²) in [7, 11) is 0. The summed E-state index contributed by atoms with van der Waals surface area (Å²) in [4.78, 5) is 28.6. The number of rotatable bonds is 23. The van der Waals surface area contributed by atoms with E-state index >= 15 is 4.79 Å². The van der Waals surface area contributed by atoms with Gasteiger partial charge in [0.25, 0.3) is 0 Å². The molecule has 6 heteroatoms. The number of piperidine rings is 1. The smallest absolute Gasteiger partial charge is 0.348 e. The molecule has 0 N–H and O–H groups in total. The number of carbonyl (C=O) groups is 2. The van der Waals surface area contributed by atoms with Crippen molar-refractivity contribution in [1.82, 2.24) is 0 Å². The maximum Gasteiger partial charge on any atom is 0.348 e. The summed E-state index contributed by atoms with van der Waals surface area (Å²) in [6.07, 6.45) is 22.5. The molecule has 3 heterocycles. The van der Waals surface area contributed by atoms with Crippen LogP contribution in [0.5, 0.6) is 0 Å². The van der Waals surface area contributed by atoms with Crippen molar-refractivity contribution in [2.24, 2.45) is 0 Å². The van der Waals surface area contributed by atoms with Crippen molar-refractivity contribution in [3.05, 3.63) is 108 Å². The van der Waals surface area contributed by atoms with Crippen LogP contribution in [0.1, 0.15) is 152 Å². The molecule has 3 aromatic rings. The van der Waals surface area contributed by atoms with Gasteiger partial charge in [0, 0.05) is 51.4 Å². The number of hydrogen-bond acceptors (Lipinski definition) is 5. The van der Waals surface area contributed by atoms with E-state index in [0.717, 1.165) is 37.7 Å². The van der Waals surface area contributed by atoms with E-state index in [9.17, 15) is 4.79 Å². The molecule has 0 radical (unpaired) electrons. The number of carbonyl (C=O) groups excluding carboxylic acids is 2. The van der Waals surface area contributed by atoms with Crippen LogP contribution in [0.2, 0.25) is 0 Å². The zero-order valence-corrected chi connectivity index (χ0v) is 33.7. The van der Waals surface area contributed by atoms with Crippen molar-refractivity contribution >= 4 is 11.9 Å². The second-order valence-corrected chi connectivity index (χ2v) is 16.8. The lowest BCUT2D eigenvalue weighted by atomic mass is 9.85. The fourth-order valence-corrected chi connectivity index (χ4v) is 10.1. The summed E-state index contributed by atoms with van der Waals surface area (Å²) in [5, 5.41) is 0. The van der Waals surface area contributed by atoms with E-state index in [-0.39, 0.29) is 12.1 Å². The van der Waals surface area contributed by atoms with E-state index in [1.165, 1.54) is 107 Å². The summed E-state index contributed by atoms with van der Waals surface area (Å²) in [5.41, 5.74) is 0.666. The number of nitrogens with zero attached hydrogens (tertiary/aromatic N) is 1. The molecule has 6 rings (SSSR count). The number of esters is 2. The average Bonchev–Trinajstić information content (AvgIpc) is 3.76. The lowest BCUT2D eigenvalue weighted by Gasteiger charge is -2.47. The van der Waals surface area contributed by atoms with Crippen molar-refractivity contribution in [2.75, 3.05) is 13.1 Å². The first kappa shape index (κ1) is 41.2. The van der Waals surface area contributed by atoms with Gasteiger partial charge in [0.05, 0.1) is 25.2 Å². The average molecular weight is 751 g/mol. The van der Waals surface area contributed by atoms with Gasteiger partial charge in [-0.2, -0.15) is 0 Å². The molecule has 3 aromatic carbocycles. The van der Waals surface area contributed by atoms with Crippen molar-refractivity contribution < 1.29 is 28.3 Å². The number of hydrogen-bond donors (Lipinski definition) is 0. The van der Waals surface area contributed by atoms with Crippen LogP contribution < -0.4 is 0 Å². The summed E-state index contributed by atoms with van der Waals surface area (Å²) < 4.78 is 21.2. The predicted octanol–water partition coefficient (Wildman–Crippen LogP) is 11.4. The largest absolute Gasteiger partial charge is 0.459 e. The van der Waals surface area contributed by atoms with Gasteiger partial charge in [-0.05, 0) is 23.1 Å². The van der Waals surface area contributed by atoms with Crippen LogP contribution in [-0.2, 0) is 35.8 Å². The molecule has 6 nitrogen and oxygen atoms in total. The van der Waals surface area contributed by atoms with Crippen molar-refractivity contribution in [3.63, 3.8) is 0 Å². The summed E-state index contributed by atoms with van der Waals surface area (Å²) >= 11 is 0. The quantitative estimate of drug-likeness (QED) is 0.0418. The van der Waals surface area contributed by atoms with Gasteiger partial charge in [0.2, 0.25) is 11.9 Å². The van der Waals surface area contributed by atoms with Crippen LogP contribution in [-0.4, -0.2) is 54.0 Å². The van der Waals surface area contributed by atoms with Gasteiger partial charge in [-0.25, -0.2) is 4.79 Å². The Bertz CT molecular complexity index is 1500. The van der Waals surface area contributed by atoms with Gasteiger partial charge in [-0.1, -0.05) is 175 Å². The third-order valence-electron chi connectivity index (χ3n) is 13.0. The molecule has 298 valence electrons. The third-order valence-corrected chi connectivity index (χ3v) is 13.0. The van der Waals surface area contributed by atoms with E-state index in [0.29, 0.717) is 36.1 Å². The van der Waals surface area contributed by atoms with Gasteiger partial charge in [-0.3, -0.25) is 4.79 Å². The zero-order chi connectivity index (χ0) is 38.2. The highest BCUT2D eigenvalue weighted by atomic mass is 16.7. The predicted molar refractivity (Wildman–Crippen MR) is 220 cm³/mol. The molecule has 3 fully saturated rings. The van der Waals surface area contributed by atoms with E-state index in [1.54, 1.807) is 0 Å². The van der Waals surface area contributed by atoms with Crippen molar-refractivity contribution in [2.45, 2.75) is 172 Å². The molecule has 55 heavy (non-hydrogen) atoms. The second kappa shape index (κ2) is 21.2. The number of benzene rings is 3. The molecule has 0 amide bonds. The molecule has 0 saturated carbocycles. The normalized spacial score (nSPS) is 20.7. The van der Waals surface area contributed by atoms with Crippen LogP contribution >= 0.6 is 0 Å². The molecule has 1 spiro atoms. The first-order chi connectivity index (χ1) is 27.0. The molecular weight excluding hydrogens is 683 g/mol. The second-order valence-electron chi connectivity index (χ2n) is 16.8. The Kier molecular flexibility index (Phi) is 15.8. The van der Waals surface area contributed by atoms with Crippen LogP contribution in [0.4, 0.5) is 0 Å². The van der Waals surface area contributed by atoms with E-state index in [2.05, 4.69) is 6.92 Å². The summed E-state index contributed by atoms with van der Waals surface area (Å²) in [5.74, 6) is -0.731. The molecular formula is C49H68NO5+. The number of unbranched alkanes of at least 4 members (excludes halogenated alkanes) is 12. The minimum Gasteiger partial charge on any atom is -0.459 e. The lowest BCUT2D eigenvalue weighted by molar-refractivity contribution is -0.956. The first-order valence-electron chi connectivity index (χ1n) is 22.1. The van der Waals surface area contributed by atoms with Crippen LogP contribution in [0.15, 0.2) is 91.0 Å². The molecule has 3 unspecified atom stereocenters. The minimum absolute atomic E-state index is 0.171. The fourth-order valence-electron chi connectivity index (χ4n) is 10.1. The minimum atomic E-state index is -1.63. The molecule has 3 aliphatic heterocycles. The summed E-state index contributed by atoms with van der Waals surface area (Å²) in [6, 6.07) is 30.4. The van der Waals surface area contributed by atoms with Gasteiger partial charge in [0.1, 0.15) is 6.10 Å². The Balaban J connectivity index is 1.13. The van der Waals surface area contributed by atoms with Gasteiger partial charge in [-0.15, -0.1) is 0 Å². The monoisotopic (exact) mass is 751 g/mol. The molecule has 3 aliphatic rings. The Morgan fingerprint density at radius 2 is 1.13 bits per heavy atom. The SMILES string of the molecule is CCCCCCCCCCCCCCCC(=O)OC(Cc1ccccc1)OC(C(=O)OC1CC2CCC(C1)[N+]21CCCC1)(c1ccccc1)c1ccccc1. The Morgan fingerprint density at radius 3 is 1.64 bits per heavy atom. The fraction of sp³-hybridized carbons (Fsp3) is 0.592. The highest BCUT2D eigenvalue weighted by molar-refractivity contribution is 5.86. The topological polar surface area (TPSA) is 61.8 Å². The highest BCUT2D eigenvalue weighted by Gasteiger charge is 2.57. The van der Waals surface area contributed by atoms with E-state index in [4.69, 9.17) is 14.2 Å². The molecule has 2 bridgehead atoms. The third kappa shape index (κ3) is 10.9. The molecule has 3 atom stereocenters. The zero-order valence-electron chi connectivity index (χ0n) is 33.7. The van der Waals surface area contributed by atoms with E-state index < -0.39 is 17.9 Å². The first-order valence-corrected chi connectivity index (χ1v) is 22.1.